The van der Waals surface area contributed by atoms with Gasteiger partial charge in [-0.2, -0.15) is 0 Å². The molecular formula is C57H102O6. The number of rotatable bonds is 49. The Balaban J connectivity index is 4.36. The van der Waals surface area contributed by atoms with Crippen molar-refractivity contribution in [2.24, 2.45) is 0 Å². The van der Waals surface area contributed by atoms with Crippen molar-refractivity contribution < 1.29 is 28.6 Å². The van der Waals surface area contributed by atoms with Gasteiger partial charge in [0.15, 0.2) is 6.10 Å². The van der Waals surface area contributed by atoms with E-state index in [9.17, 15) is 14.4 Å². The smallest absolute Gasteiger partial charge is 0.306 e. The van der Waals surface area contributed by atoms with Crippen molar-refractivity contribution in [2.45, 2.75) is 284 Å². The monoisotopic (exact) mass is 883 g/mol. The fourth-order valence-corrected chi connectivity index (χ4v) is 7.68. The van der Waals surface area contributed by atoms with Crippen molar-refractivity contribution in [2.75, 3.05) is 13.2 Å². The van der Waals surface area contributed by atoms with E-state index in [1.54, 1.807) is 0 Å². The lowest BCUT2D eigenvalue weighted by Crippen LogP contribution is -2.30. The van der Waals surface area contributed by atoms with Gasteiger partial charge in [0.05, 0.1) is 0 Å². The second-order valence-corrected chi connectivity index (χ2v) is 18.1. The van der Waals surface area contributed by atoms with Gasteiger partial charge < -0.3 is 14.2 Å². The quantitative estimate of drug-likeness (QED) is 0.0262. The lowest BCUT2D eigenvalue weighted by molar-refractivity contribution is -0.167. The predicted octanol–water partition coefficient (Wildman–Crippen LogP) is 17.9. The number of carbonyl (C=O) groups excluding carboxylic acids is 3. The minimum atomic E-state index is -0.779. The van der Waals surface area contributed by atoms with Gasteiger partial charge in [0, 0.05) is 19.3 Å². The fraction of sp³-hybridized carbons (Fsp3) is 0.807. The average molecular weight is 883 g/mol. The van der Waals surface area contributed by atoms with Gasteiger partial charge in [0.25, 0.3) is 0 Å². The minimum Gasteiger partial charge on any atom is -0.462 e. The van der Waals surface area contributed by atoms with E-state index in [2.05, 4.69) is 69.4 Å². The van der Waals surface area contributed by atoms with Crippen molar-refractivity contribution in [3.63, 3.8) is 0 Å². The normalized spacial score (nSPS) is 12.4. The number of esters is 3. The Bertz CT molecular complexity index is 1110. The van der Waals surface area contributed by atoms with E-state index in [4.69, 9.17) is 14.2 Å². The topological polar surface area (TPSA) is 78.9 Å². The first-order valence-electron chi connectivity index (χ1n) is 27.1. The Hall–Kier alpha value is -2.63. The molecule has 0 fully saturated rings. The molecule has 0 aromatic heterocycles. The first-order valence-corrected chi connectivity index (χ1v) is 27.1. The predicted molar refractivity (Wildman–Crippen MR) is 270 cm³/mol. The van der Waals surface area contributed by atoms with Gasteiger partial charge in [0.2, 0.25) is 0 Å². The summed E-state index contributed by atoms with van der Waals surface area (Å²) < 4.78 is 16.8. The molecule has 0 radical (unpaired) electrons. The van der Waals surface area contributed by atoms with Crippen LogP contribution >= 0.6 is 0 Å². The number of carbonyl (C=O) groups is 3. The summed E-state index contributed by atoms with van der Waals surface area (Å²) in [6.45, 7) is 6.60. The van der Waals surface area contributed by atoms with E-state index < -0.39 is 6.10 Å². The highest BCUT2D eigenvalue weighted by Gasteiger charge is 2.19. The summed E-state index contributed by atoms with van der Waals surface area (Å²) in [6.07, 6.45) is 62.3. The molecule has 0 N–H and O–H groups in total. The zero-order valence-corrected chi connectivity index (χ0v) is 41.8. The SMILES string of the molecule is CCCCC/C=C\C/C=C\C/C=C\CCCCCCCCC(=O)OCC(COC(=O)CCCCCCCCCCCCC)OC(=O)CCCCCCC/C=C\CCCCCCCC. The molecule has 0 heterocycles. The van der Waals surface area contributed by atoms with E-state index in [1.165, 1.54) is 148 Å². The lowest BCUT2D eigenvalue weighted by Gasteiger charge is -2.18. The lowest BCUT2D eigenvalue weighted by atomic mass is 10.1. The molecule has 0 saturated heterocycles. The van der Waals surface area contributed by atoms with Gasteiger partial charge in [-0.1, -0.05) is 223 Å². The molecule has 366 valence electrons. The third-order valence-corrected chi connectivity index (χ3v) is 11.8. The number of hydrogen-bond acceptors (Lipinski definition) is 6. The molecule has 0 spiro atoms. The summed E-state index contributed by atoms with van der Waals surface area (Å²) >= 11 is 0. The Morgan fingerprint density at radius 2 is 0.571 bits per heavy atom. The molecule has 0 rings (SSSR count). The molecule has 1 atom stereocenters. The van der Waals surface area contributed by atoms with Gasteiger partial charge in [-0.15, -0.1) is 0 Å². The van der Waals surface area contributed by atoms with Crippen LogP contribution < -0.4 is 0 Å². The standard InChI is InChI=1S/C57H102O6/c1-4-7-10-13-16-19-22-24-26-27-28-29-31-32-35-38-41-44-47-50-56(59)62-53-54(52-61-55(58)49-46-43-40-37-34-21-18-15-12-9-6-3)63-57(60)51-48-45-42-39-36-33-30-25-23-20-17-14-11-8-5-2/h16,19,24-26,28-30,54H,4-15,17-18,20-23,27,31-53H2,1-3H3/b19-16-,26-24-,29-28-,30-25-. The summed E-state index contributed by atoms with van der Waals surface area (Å²) in [5.41, 5.74) is 0. The molecule has 63 heavy (non-hydrogen) atoms. The van der Waals surface area contributed by atoms with Crippen molar-refractivity contribution >= 4 is 17.9 Å². The maximum Gasteiger partial charge on any atom is 0.306 e. The largest absolute Gasteiger partial charge is 0.462 e. The maximum absolute atomic E-state index is 12.8. The minimum absolute atomic E-state index is 0.0784. The van der Waals surface area contributed by atoms with Gasteiger partial charge in [-0.3, -0.25) is 14.4 Å². The highest BCUT2D eigenvalue weighted by molar-refractivity contribution is 5.71. The van der Waals surface area contributed by atoms with Crippen LogP contribution in [0.1, 0.15) is 278 Å². The van der Waals surface area contributed by atoms with E-state index in [1.807, 2.05) is 0 Å². The van der Waals surface area contributed by atoms with E-state index in [0.29, 0.717) is 19.3 Å². The average Bonchev–Trinajstić information content (AvgIpc) is 3.28. The molecule has 0 bridgehead atoms. The van der Waals surface area contributed by atoms with Crippen molar-refractivity contribution in [3.05, 3.63) is 48.6 Å². The van der Waals surface area contributed by atoms with Crippen LogP contribution in [-0.2, 0) is 28.6 Å². The van der Waals surface area contributed by atoms with Crippen LogP contribution in [0.4, 0.5) is 0 Å². The zero-order valence-electron chi connectivity index (χ0n) is 41.8. The molecule has 6 nitrogen and oxygen atoms in total. The summed E-state index contributed by atoms with van der Waals surface area (Å²) in [6, 6.07) is 0. The molecule has 0 saturated carbocycles. The Kier molecular flexibility index (Phi) is 49.8. The van der Waals surface area contributed by atoms with Crippen LogP contribution in [0, 0.1) is 0 Å². The second-order valence-electron chi connectivity index (χ2n) is 18.1. The van der Waals surface area contributed by atoms with Crippen LogP contribution in [-0.4, -0.2) is 37.2 Å². The molecule has 0 aliphatic heterocycles. The molecule has 6 heteroatoms. The molecule has 0 aromatic carbocycles. The number of unbranched alkanes of at least 4 members (excludes halogenated alkanes) is 30. The van der Waals surface area contributed by atoms with Crippen molar-refractivity contribution in [1.82, 2.24) is 0 Å². The molecule has 1 unspecified atom stereocenters. The van der Waals surface area contributed by atoms with Crippen molar-refractivity contribution in [1.29, 1.82) is 0 Å². The summed E-state index contributed by atoms with van der Waals surface area (Å²) in [7, 11) is 0. The number of allylic oxidation sites excluding steroid dienone is 8. The Labute approximate surface area is 390 Å². The second kappa shape index (κ2) is 52.0. The summed E-state index contributed by atoms with van der Waals surface area (Å²) in [4.78, 5) is 38.0. The van der Waals surface area contributed by atoms with Crippen LogP contribution in [0.25, 0.3) is 0 Å². The highest BCUT2D eigenvalue weighted by Crippen LogP contribution is 2.15. The van der Waals surface area contributed by atoms with Gasteiger partial charge >= 0.3 is 17.9 Å². The van der Waals surface area contributed by atoms with Crippen LogP contribution in [0.3, 0.4) is 0 Å². The Morgan fingerprint density at radius 1 is 0.317 bits per heavy atom. The van der Waals surface area contributed by atoms with Crippen molar-refractivity contribution in [3.8, 4) is 0 Å². The van der Waals surface area contributed by atoms with Crippen LogP contribution in [0.15, 0.2) is 48.6 Å². The molecule has 0 amide bonds. The summed E-state index contributed by atoms with van der Waals surface area (Å²) in [5.74, 6) is -0.891. The van der Waals surface area contributed by atoms with E-state index in [-0.39, 0.29) is 31.1 Å². The number of hydrogen-bond donors (Lipinski definition) is 0. The van der Waals surface area contributed by atoms with E-state index in [0.717, 1.165) is 89.9 Å². The first-order chi connectivity index (χ1) is 31.0. The van der Waals surface area contributed by atoms with Gasteiger partial charge in [0.1, 0.15) is 13.2 Å². The Morgan fingerprint density at radius 3 is 0.937 bits per heavy atom. The van der Waals surface area contributed by atoms with Crippen LogP contribution in [0.2, 0.25) is 0 Å². The summed E-state index contributed by atoms with van der Waals surface area (Å²) in [5, 5.41) is 0. The van der Waals surface area contributed by atoms with Gasteiger partial charge in [-0.25, -0.2) is 0 Å². The number of ether oxygens (including phenoxy) is 3. The highest BCUT2D eigenvalue weighted by atomic mass is 16.6. The van der Waals surface area contributed by atoms with E-state index >= 15 is 0 Å². The fourth-order valence-electron chi connectivity index (χ4n) is 7.68. The third-order valence-electron chi connectivity index (χ3n) is 11.8. The third kappa shape index (κ3) is 50.2. The zero-order chi connectivity index (χ0) is 45.8. The molecular weight excluding hydrogens is 781 g/mol. The van der Waals surface area contributed by atoms with Crippen LogP contribution in [0.5, 0.6) is 0 Å². The molecule has 0 aliphatic rings. The first kappa shape index (κ1) is 60.4. The molecule has 0 aliphatic carbocycles. The molecule has 0 aromatic rings. The van der Waals surface area contributed by atoms with Gasteiger partial charge in [-0.05, 0) is 83.5 Å². The maximum atomic E-state index is 12.8.